The number of amides is 1. The van der Waals surface area contributed by atoms with Crippen molar-refractivity contribution < 1.29 is 22.7 Å². The molecule has 0 bridgehead atoms. The standard InChI is InChI=1S/C20H18F3NO2/c21-20(22,23)17-9-7-16(8-10-17)18-14-24(12-13-26-18)19(25)11-6-15-4-2-1-3-5-15/h1-11,18H,12-14H2/b11-6+/t18-/m1/s1. The number of nitrogens with zero attached hydrogens (tertiary/aromatic N) is 1. The lowest BCUT2D eigenvalue weighted by atomic mass is 10.0. The van der Waals surface area contributed by atoms with Crippen LogP contribution in [0.4, 0.5) is 13.2 Å². The van der Waals surface area contributed by atoms with E-state index in [1.165, 1.54) is 18.2 Å². The monoisotopic (exact) mass is 361 g/mol. The molecule has 26 heavy (non-hydrogen) atoms. The maximum Gasteiger partial charge on any atom is 0.416 e. The van der Waals surface area contributed by atoms with Crippen LogP contribution in [0.2, 0.25) is 0 Å². The van der Waals surface area contributed by atoms with Crippen molar-refractivity contribution in [2.75, 3.05) is 19.7 Å². The molecule has 0 aromatic heterocycles. The van der Waals surface area contributed by atoms with Gasteiger partial charge in [-0.3, -0.25) is 4.79 Å². The molecule has 2 aromatic carbocycles. The average molecular weight is 361 g/mol. The number of hydrogen-bond donors (Lipinski definition) is 0. The fourth-order valence-electron chi connectivity index (χ4n) is 2.77. The fraction of sp³-hybridized carbons (Fsp3) is 0.250. The van der Waals surface area contributed by atoms with E-state index in [1.54, 1.807) is 11.0 Å². The molecule has 6 heteroatoms. The molecule has 2 aromatic rings. The average Bonchev–Trinajstić information content (AvgIpc) is 2.66. The SMILES string of the molecule is O=C(/C=C/c1ccccc1)N1CCO[C@@H](c2ccc(C(F)(F)F)cc2)C1. The molecule has 0 saturated carbocycles. The van der Waals surface area contributed by atoms with E-state index in [2.05, 4.69) is 0 Å². The Hall–Kier alpha value is -2.60. The summed E-state index contributed by atoms with van der Waals surface area (Å²) in [6, 6.07) is 14.4. The number of morpholine rings is 1. The Morgan fingerprint density at radius 3 is 2.42 bits per heavy atom. The van der Waals surface area contributed by atoms with Gasteiger partial charge in [-0.2, -0.15) is 13.2 Å². The molecule has 0 radical (unpaired) electrons. The van der Waals surface area contributed by atoms with Gasteiger partial charge in [0.25, 0.3) is 0 Å². The van der Waals surface area contributed by atoms with Crippen molar-refractivity contribution in [3.05, 3.63) is 77.4 Å². The predicted molar refractivity (Wildman–Crippen MR) is 92.2 cm³/mol. The van der Waals surface area contributed by atoms with Crippen molar-refractivity contribution in [3.8, 4) is 0 Å². The molecule has 1 amide bonds. The summed E-state index contributed by atoms with van der Waals surface area (Å²) in [6.07, 6.45) is -1.55. The first-order valence-electron chi connectivity index (χ1n) is 8.24. The zero-order valence-corrected chi connectivity index (χ0v) is 13.9. The maximum atomic E-state index is 12.7. The molecule has 1 aliphatic heterocycles. The number of rotatable bonds is 3. The van der Waals surface area contributed by atoms with Crippen molar-refractivity contribution in [1.29, 1.82) is 0 Å². The highest BCUT2D eigenvalue weighted by atomic mass is 19.4. The smallest absolute Gasteiger partial charge is 0.370 e. The number of carbonyl (C=O) groups is 1. The Morgan fingerprint density at radius 1 is 1.08 bits per heavy atom. The van der Waals surface area contributed by atoms with Gasteiger partial charge >= 0.3 is 6.18 Å². The molecule has 3 rings (SSSR count). The lowest BCUT2D eigenvalue weighted by molar-refractivity contribution is -0.137. The van der Waals surface area contributed by atoms with E-state index in [1.807, 2.05) is 30.3 Å². The quantitative estimate of drug-likeness (QED) is 0.762. The van der Waals surface area contributed by atoms with Crippen molar-refractivity contribution in [2.45, 2.75) is 12.3 Å². The second kappa shape index (κ2) is 7.74. The van der Waals surface area contributed by atoms with Gasteiger partial charge in [0.15, 0.2) is 0 Å². The number of halogens is 3. The number of carbonyl (C=O) groups excluding carboxylic acids is 1. The van der Waals surface area contributed by atoms with Crippen LogP contribution in [0, 0.1) is 0 Å². The molecule has 0 unspecified atom stereocenters. The van der Waals surface area contributed by atoms with Crippen LogP contribution in [0.3, 0.4) is 0 Å². The summed E-state index contributed by atoms with van der Waals surface area (Å²) in [4.78, 5) is 14.0. The highest BCUT2D eigenvalue weighted by molar-refractivity contribution is 5.91. The molecule has 0 N–H and O–H groups in total. The minimum atomic E-state index is -4.36. The van der Waals surface area contributed by atoms with Gasteiger partial charge < -0.3 is 9.64 Å². The van der Waals surface area contributed by atoms with Gasteiger partial charge in [0.05, 0.1) is 18.7 Å². The molecule has 3 nitrogen and oxygen atoms in total. The first kappa shape index (κ1) is 18.2. The van der Waals surface area contributed by atoms with E-state index in [9.17, 15) is 18.0 Å². The Morgan fingerprint density at radius 2 is 1.77 bits per heavy atom. The van der Waals surface area contributed by atoms with E-state index in [4.69, 9.17) is 4.74 Å². The zero-order valence-electron chi connectivity index (χ0n) is 13.9. The zero-order chi connectivity index (χ0) is 18.6. The third-order valence-corrected chi connectivity index (χ3v) is 4.21. The first-order chi connectivity index (χ1) is 12.4. The van der Waals surface area contributed by atoms with Gasteiger partial charge in [0, 0.05) is 12.6 Å². The molecular formula is C20H18F3NO2. The minimum Gasteiger partial charge on any atom is -0.370 e. The van der Waals surface area contributed by atoms with Crippen molar-refractivity contribution in [3.63, 3.8) is 0 Å². The van der Waals surface area contributed by atoms with Gasteiger partial charge in [0.1, 0.15) is 6.10 Å². The topological polar surface area (TPSA) is 29.5 Å². The van der Waals surface area contributed by atoms with Crippen LogP contribution in [-0.2, 0) is 15.7 Å². The Labute approximate surface area is 149 Å². The maximum absolute atomic E-state index is 12.7. The largest absolute Gasteiger partial charge is 0.416 e. The van der Waals surface area contributed by atoms with Crippen LogP contribution in [0.25, 0.3) is 6.08 Å². The number of ether oxygens (including phenoxy) is 1. The minimum absolute atomic E-state index is 0.144. The molecule has 1 heterocycles. The van der Waals surface area contributed by atoms with Crippen LogP contribution in [0.15, 0.2) is 60.7 Å². The molecular weight excluding hydrogens is 343 g/mol. The molecule has 0 aliphatic carbocycles. The number of hydrogen-bond acceptors (Lipinski definition) is 2. The van der Waals surface area contributed by atoms with E-state index < -0.39 is 17.8 Å². The normalized spacial score (nSPS) is 18.3. The lowest BCUT2D eigenvalue weighted by Crippen LogP contribution is -2.41. The summed E-state index contributed by atoms with van der Waals surface area (Å²) in [5.74, 6) is -0.144. The summed E-state index contributed by atoms with van der Waals surface area (Å²) in [5.41, 5.74) is 0.853. The van der Waals surface area contributed by atoms with Crippen LogP contribution < -0.4 is 0 Å². The first-order valence-corrected chi connectivity index (χ1v) is 8.24. The Kier molecular flexibility index (Phi) is 5.42. The van der Waals surface area contributed by atoms with Gasteiger partial charge in [-0.05, 0) is 29.3 Å². The second-order valence-corrected chi connectivity index (χ2v) is 6.01. The molecule has 1 atom stereocenters. The van der Waals surface area contributed by atoms with Crippen LogP contribution >= 0.6 is 0 Å². The fourth-order valence-corrected chi connectivity index (χ4v) is 2.77. The van der Waals surface area contributed by atoms with Gasteiger partial charge in [-0.25, -0.2) is 0 Å². The summed E-state index contributed by atoms with van der Waals surface area (Å²) in [7, 11) is 0. The van der Waals surface area contributed by atoms with E-state index in [-0.39, 0.29) is 5.91 Å². The highest BCUT2D eigenvalue weighted by Crippen LogP contribution is 2.31. The highest BCUT2D eigenvalue weighted by Gasteiger charge is 2.31. The lowest BCUT2D eigenvalue weighted by Gasteiger charge is -2.32. The Balaban J connectivity index is 1.65. The van der Waals surface area contributed by atoms with E-state index >= 15 is 0 Å². The third-order valence-electron chi connectivity index (χ3n) is 4.21. The molecule has 136 valence electrons. The summed E-state index contributed by atoms with van der Waals surface area (Å²) in [6.45, 7) is 1.11. The molecule has 1 saturated heterocycles. The van der Waals surface area contributed by atoms with Gasteiger partial charge in [0.2, 0.25) is 5.91 Å². The van der Waals surface area contributed by atoms with Gasteiger partial charge in [-0.15, -0.1) is 0 Å². The van der Waals surface area contributed by atoms with Gasteiger partial charge in [-0.1, -0.05) is 42.5 Å². The summed E-state index contributed by atoms with van der Waals surface area (Å²) >= 11 is 0. The number of benzene rings is 2. The predicted octanol–water partition coefficient (Wildman–Crippen LogP) is 4.32. The number of alkyl halides is 3. The Bertz CT molecular complexity index is 770. The molecule has 1 fully saturated rings. The molecule has 0 spiro atoms. The molecule has 1 aliphatic rings. The van der Waals surface area contributed by atoms with E-state index in [0.717, 1.165) is 17.7 Å². The summed E-state index contributed by atoms with van der Waals surface area (Å²) in [5, 5.41) is 0. The van der Waals surface area contributed by atoms with Crippen molar-refractivity contribution >= 4 is 12.0 Å². The third kappa shape index (κ3) is 4.52. The van der Waals surface area contributed by atoms with E-state index in [0.29, 0.717) is 25.3 Å². The van der Waals surface area contributed by atoms with Crippen LogP contribution in [0.1, 0.15) is 22.8 Å². The van der Waals surface area contributed by atoms with Crippen LogP contribution in [0.5, 0.6) is 0 Å². The second-order valence-electron chi connectivity index (χ2n) is 6.01. The van der Waals surface area contributed by atoms with Crippen molar-refractivity contribution in [2.24, 2.45) is 0 Å². The van der Waals surface area contributed by atoms with Crippen LogP contribution in [-0.4, -0.2) is 30.5 Å². The van der Waals surface area contributed by atoms with Crippen molar-refractivity contribution in [1.82, 2.24) is 4.90 Å². The summed E-state index contributed by atoms with van der Waals surface area (Å²) < 4.78 is 43.6.